The lowest BCUT2D eigenvalue weighted by atomic mass is 9.97. The molecular weight excluding hydrogens is 192 g/mol. The van der Waals surface area contributed by atoms with Gasteiger partial charge < -0.3 is 10.0 Å². The highest BCUT2D eigenvalue weighted by atomic mass is 16.4. The summed E-state index contributed by atoms with van der Waals surface area (Å²) in [5, 5.41) is 9.14. The molecule has 0 saturated carbocycles. The van der Waals surface area contributed by atoms with Gasteiger partial charge >= 0.3 is 5.97 Å². The summed E-state index contributed by atoms with van der Waals surface area (Å²) >= 11 is 0. The minimum atomic E-state index is -0.714. The van der Waals surface area contributed by atoms with Gasteiger partial charge in [0.25, 0.3) is 0 Å². The topological polar surface area (TPSA) is 52.9 Å². The lowest BCUT2D eigenvalue weighted by Gasteiger charge is -2.30. The number of aliphatic carboxylic acids is 1. The number of fused-ring (bicyclic) bond motifs is 1. The van der Waals surface area contributed by atoms with Crippen LogP contribution in [0.15, 0.2) is 16.3 Å². The monoisotopic (exact) mass is 208 g/mol. The van der Waals surface area contributed by atoms with Crippen molar-refractivity contribution in [2.75, 3.05) is 6.54 Å². The molecule has 1 saturated heterocycles. The number of rotatable bonds is 1. The SMILES string of the molecule is CC1=N[C@@H](C)C(C)=C2[C@@H](C(=O)O)CCN12. The number of hydrogen-bond donors (Lipinski definition) is 1. The average molecular weight is 208 g/mol. The standard InChI is InChI=1S/C11H16N2O2/c1-6-7(2)12-8(3)13-5-4-9(10(6)13)11(14)15/h7,9H,4-5H2,1-3H3,(H,14,15)/t7-,9-/m0/s1. The summed E-state index contributed by atoms with van der Waals surface area (Å²) in [4.78, 5) is 17.7. The summed E-state index contributed by atoms with van der Waals surface area (Å²) in [6, 6.07) is 0.121. The van der Waals surface area contributed by atoms with Crippen molar-refractivity contribution in [2.24, 2.45) is 10.9 Å². The Morgan fingerprint density at radius 3 is 2.80 bits per heavy atom. The lowest BCUT2D eigenvalue weighted by Crippen LogP contribution is -2.33. The van der Waals surface area contributed by atoms with Gasteiger partial charge in [0.15, 0.2) is 0 Å². The molecule has 0 aromatic carbocycles. The van der Waals surface area contributed by atoms with Crippen LogP contribution in [-0.4, -0.2) is 34.4 Å². The normalized spacial score (nSPS) is 30.3. The first-order chi connectivity index (χ1) is 7.02. The Bertz CT molecular complexity index is 363. The van der Waals surface area contributed by atoms with Crippen molar-refractivity contribution >= 4 is 11.8 Å². The number of nitrogens with zero attached hydrogens (tertiary/aromatic N) is 2. The molecule has 2 rings (SSSR count). The molecule has 4 heteroatoms. The predicted octanol–water partition coefficient (Wildman–Crippen LogP) is 1.49. The molecule has 4 nitrogen and oxygen atoms in total. The van der Waals surface area contributed by atoms with E-state index in [4.69, 9.17) is 5.11 Å². The Labute approximate surface area is 89.3 Å². The van der Waals surface area contributed by atoms with Crippen LogP contribution < -0.4 is 0 Å². The molecule has 0 aromatic rings. The summed E-state index contributed by atoms with van der Waals surface area (Å²) in [5.74, 6) is -0.0986. The molecule has 1 N–H and O–H groups in total. The quantitative estimate of drug-likeness (QED) is 0.710. The minimum absolute atomic E-state index is 0.121. The number of aliphatic imine (C=N–C) groups is 1. The molecule has 2 aliphatic rings. The Morgan fingerprint density at radius 1 is 1.53 bits per heavy atom. The second-order valence-electron chi connectivity index (χ2n) is 4.25. The summed E-state index contributed by atoms with van der Waals surface area (Å²) in [7, 11) is 0. The summed E-state index contributed by atoms with van der Waals surface area (Å²) < 4.78 is 0. The molecule has 2 atom stereocenters. The van der Waals surface area contributed by atoms with E-state index in [-0.39, 0.29) is 12.0 Å². The molecule has 0 aliphatic carbocycles. The van der Waals surface area contributed by atoms with Gasteiger partial charge in [-0.2, -0.15) is 0 Å². The van der Waals surface area contributed by atoms with E-state index >= 15 is 0 Å². The molecule has 1 fully saturated rings. The second-order valence-corrected chi connectivity index (χ2v) is 4.25. The molecule has 15 heavy (non-hydrogen) atoms. The van der Waals surface area contributed by atoms with Crippen molar-refractivity contribution in [1.82, 2.24) is 4.90 Å². The Hall–Kier alpha value is -1.32. The van der Waals surface area contributed by atoms with Crippen LogP contribution in [-0.2, 0) is 4.79 Å². The van der Waals surface area contributed by atoms with Crippen LogP contribution in [0, 0.1) is 5.92 Å². The van der Waals surface area contributed by atoms with Crippen LogP contribution in [0.4, 0.5) is 0 Å². The maximum absolute atomic E-state index is 11.1. The highest BCUT2D eigenvalue weighted by molar-refractivity contribution is 5.86. The van der Waals surface area contributed by atoms with Crippen LogP contribution >= 0.6 is 0 Å². The van der Waals surface area contributed by atoms with Crippen LogP contribution in [0.5, 0.6) is 0 Å². The van der Waals surface area contributed by atoms with Crippen LogP contribution in [0.2, 0.25) is 0 Å². The van der Waals surface area contributed by atoms with Crippen molar-refractivity contribution < 1.29 is 9.90 Å². The molecule has 2 heterocycles. The van der Waals surface area contributed by atoms with Gasteiger partial charge in [0.1, 0.15) is 5.84 Å². The minimum Gasteiger partial charge on any atom is -0.481 e. The fourth-order valence-electron chi connectivity index (χ4n) is 2.43. The molecular formula is C11H16N2O2. The molecule has 0 aromatic heterocycles. The molecule has 0 unspecified atom stereocenters. The molecule has 0 amide bonds. The van der Waals surface area contributed by atoms with Gasteiger partial charge in [-0.1, -0.05) is 0 Å². The molecule has 0 spiro atoms. The zero-order valence-corrected chi connectivity index (χ0v) is 9.32. The maximum Gasteiger partial charge on any atom is 0.312 e. The van der Waals surface area contributed by atoms with Gasteiger partial charge in [0, 0.05) is 12.2 Å². The summed E-state index contributed by atoms with van der Waals surface area (Å²) in [5.41, 5.74) is 2.08. The van der Waals surface area contributed by atoms with E-state index in [1.165, 1.54) is 0 Å². The zero-order valence-electron chi connectivity index (χ0n) is 9.32. The first-order valence-electron chi connectivity index (χ1n) is 5.27. The summed E-state index contributed by atoms with van der Waals surface area (Å²) in [6.45, 7) is 6.74. The van der Waals surface area contributed by atoms with Gasteiger partial charge in [-0.15, -0.1) is 0 Å². The van der Waals surface area contributed by atoms with E-state index in [9.17, 15) is 4.79 Å². The number of hydrogen-bond acceptors (Lipinski definition) is 3. The number of amidine groups is 1. The lowest BCUT2D eigenvalue weighted by molar-refractivity contribution is -0.140. The third-order valence-electron chi connectivity index (χ3n) is 3.36. The molecule has 82 valence electrons. The zero-order chi connectivity index (χ0) is 11.2. The van der Waals surface area contributed by atoms with Crippen molar-refractivity contribution in [1.29, 1.82) is 0 Å². The second kappa shape index (κ2) is 3.36. The van der Waals surface area contributed by atoms with E-state index in [1.54, 1.807) is 0 Å². The van der Waals surface area contributed by atoms with Crippen LogP contribution in [0.3, 0.4) is 0 Å². The first-order valence-corrected chi connectivity index (χ1v) is 5.27. The van der Waals surface area contributed by atoms with E-state index < -0.39 is 5.97 Å². The van der Waals surface area contributed by atoms with E-state index in [1.807, 2.05) is 25.7 Å². The predicted molar refractivity (Wildman–Crippen MR) is 57.7 cm³/mol. The van der Waals surface area contributed by atoms with Crippen LogP contribution in [0.1, 0.15) is 27.2 Å². The smallest absolute Gasteiger partial charge is 0.312 e. The highest BCUT2D eigenvalue weighted by Gasteiger charge is 2.38. The van der Waals surface area contributed by atoms with Crippen molar-refractivity contribution in [3.05, 3.63) is 11.3 Å². The number of carboxylic acids is 1. The summed E-state index contributed by atoms with van der Waals surface area (Å²) in [6.07, 6.45) is 0.696. The van der Waals surface area contributed by atoms with Gasteiger partial charge in [-0.05, 0) is 32.8 Å². The Balaban J connectivity index is 2.43. The Kier molecular flexibility index (Phi) is 2.29. The third-order valence-corrected chi connectivity index (χ3v) is 3.36. The van der Waals surface area contributed by atoms with Gasteiger partial charge in [-0.3, -0.25) is 9.79 Å². The van der Waals surface area contributed by atoms with Gasteiger partial charge in [0.2, 0.25) is 0 Å². The maximum atomic E-state index is 11.1. The average Bonchev–Trinajstić information content (AvgIpc) is 2.58. The number of carbonyl (C=O) groups is 1. The fraction of sp³-hybridized carbons (Fsp3) is 0.636. The van der Waals surface area contributed by atoms with Gasteiger partial charge in [0.05, 0.1) is 12.0 Å². The van der Waals surface area contributed by atoms with Crippen molar-refractivity contribution in [3.8, 4) is 0 Å². The molecule has 0 radical (unpaired) electrons. The van der Waals surface area contributed by atoms with E-state index in [2.05, 4.69) is 4.99 Å². The molecule has 2 aliphatic heterocycles. The highest BCUT2D eigenvalue weighted by Crippen LogP contribution is 2.35. The fourth-order valence-corrected chi connectivity index (χ4v) is 2.43. The van der Waals surface area contributed by atoms with Crippen LogP contribution in [0.25, 0.3) is 0 Å². The third kappa shape index (κ3) is 1.44. The van der Waals surface area contributed by atoms with Crippen molar-refractivity contribution in [3.63, 3.8) is 0 Å². The first kappa shape index (κ1) is 10.2. The molecule has 0 bridgehead atoms. The Morgan fingerprint density at radius 2 is 2.20 bits per heavy atom. The van der Waals surface area contributed by atoms with Crippen molar-refractivity contribution in [2.45, 2.75) is 33.2 Å². The van der Waals surface area contributed by atoms with Gasteiger partial charge in [-0.25, -0.2) is 0 Å². The number of carboxylic acid groups (broad SMARTS) is 1. The van der Waals surface area contributed by atoms with E-state index in [0.717, 1.165) is 23.7 Å². The largest absolute Gasteiger partial charge is 0.481 e. The van der Waals surface area contributed by atoms with E-state index in [0.29, 0.717) is 6.42 Å².